The Kier molecular flexibility index (Phi) is 4.97. The van der Waals surface area contributed by atoms with Crippen LogP contribution in [-0.4, -0.2) is 6.04 Å². The van der Waals surface area contributed by atoms with E-state index in [-0.39, 0.29) is 0 Å². The molecule has 0 amide bonds. The molecule has 1 N–H and O–H groups in total. The van der Waals surface area contributed by atoms with Gasteiger partial charge in [-0.3, -0.25) is 0 Å². The molecule has 0 bridgehead atoms. The number of ether oxygens (including phenoxy) is 1. The van der Waals surface area contributed by atoms with E-state index in [9.17, 15) is 5.26 Å². The summed E-state index contributed by atoms with van der Waals surface area (Å²) in [6.45, 7) is 6.96. The Morgan fingerprint density at radius 1 is 1.19 bits per heavy atom. The lowest BCUT2D eigenvalue weighted by molar-refractivity contribution is 0.480. The highest BCUT2D eigenvalue weighted by Gasteiger charge is 2.07. The van der Waals surface area contributed by atoms with Crippen LogP contribution in [0.2, 0.25) is 0 Å². The molecule has 0 aliphatic heterocycles. The van der Waals surface area contributed by atoms with Gasteiger partial charge in [0.2, 0.25) is 0 Å². The summed E-state index contributed by atoms with van der Waals surface area (Å²) < 4.78 is 5.82. The second kappa shape index (κ2) is 6.92. The Labute approximate surface area is 126 Å². The van der Waals surface area contributed by atoms with Gasteiger partial charge in [0.05, 0.1) is 5.56 Å². The fourth-order valence-corrected chi connectivity index (χ4v) is 1.99. The summed E-state index contributed by atoms with van der Waals surface area (Å²) in [6.07, 6.45) is 0. The van der Waals surface area contributed by atoms with E-state index in [1.54, 1.807) is 0 Å². The molecule has 21 heavy (non-hydrogen) atoms. The van der Waals surface area contributed by atoms with Crippen LogP contribution >= 0.6 is 0 Å². The predicted octanol–water partition coefficient (Wildman–Crippen LogP) is 4.16. The summed E-state index contributed by atoms with van der Waals surface area (Å²) in [5.41, 5.74) is 2.76. The average molecular weight is 280 g/mol. The van der Waals surface area contributed by atoms with Crippen LogP contribution in [0.25, 0.3) is 0 Å². The summed E-state index contributed by atoms with van der Waals surface area (Å²) in [5.74, 6) is 1.34. The molecule has 0 radical (unpaired) electrons. The van der Waals surface area contributed by atoms with Gasteiger partial charge in [-0.05, 0) is 42.3 Å². The van der Waals surface area contributed by atoms with Crippen LogP contribution < -0.4 is 10.1 Å². The van der Waals surface area contributed by atoms with Crippen LogP contribution in [0.5, 0.6) is 11.5 Å². The molecule has 0 spiro atoms. The number of benzene rings is 2. The van der Waals surface area contributed by atoms with Gasteiger partial charge in [-0.25, -0.2) is 0 Å². The minimum Gasteiger partial charge on any atom is -0.456 e. The van der Waals surface area contributed by atoms with Crippen LogP contribution in [0.3, 0.4) is 0 Å². The van der Waals surface area contributed by atoms with Gasteiger partial charge in [0.25, 0.3) is 0 Å². The fourth-order valence-electron chi connectivity index (χ4n) is 1.99. The molecular formula is C18H20N2O. The zero-order valence-electron chi connectivity index (χ0n) is 12.7. The summed E-state index contributed by atoms with van der Waals surface area (Å²) in [7, 11) is 0. The summed E-state index contributed by atoms with van der Waals surface area (Å²) >= 11 is 0. The molecule has 2 aromatic carbocycles. The number of nitrogens with one attached hydrogen (secondary N) is 1. The number of hydrogen-bond donors (Lipinski definition) is 1. The van der Waals surface area contributed by atoms with Gasteiger partial charge < -0.3 is 10.1 Å². The van der Waals surface area contributed by atoms with Crippen LogP contribution in [0, 0.1) is 18.3 Å². The van der Waals surface area contributed by atoms with Crippen molar-refractivity contribution in [2.45, 2.75) is 33.4 Å². The third-order valence-electron chi connectivity index (χ3n) is 3.10. The first-order valence-corrected chi connectivity index (χ1v) is 7.09. The lowest BCUT2D eigenvalue weighted by Crippen LogP contribution is -2.21. The van der Waals surface area contributed by atoms with E-state index in [4.69, 9.17) is 4.74 Å². The molecule has 3 nitrogen and oxygen atoms in total. The quantitative estimate of drug-likeness (QED) is 0.894. The van der Waals surface area contributed by atoms with Crippen molar-refractivity contribution in [3.05, 3.63) is 59.2 Å². The Hall–Kier alpha value is -2.31. The lowest BCUT2D eigenvalue weighted by Gasteiger charge is -2.11. The largest absolute Gasteiger partial charge is 0.456 e. The summed E-state index contributed by atoms with van der Waals surface area (Å²) in [5, 5.41) is 12.6. The van der Waals surface area contributed by atoms with E-state index in [2.05, 4.69) is 25.2 Å². The first kappa shape index (κ1) is 15.1. The van der Waals surface area contributed by atoms with Crippen molar-refractivity contribution in [2.75, 3.05) is 0 Å². The first-order chi connectivity index (χ1) is 10.1. The van der Waals surface area contributed by atoms with Gasteiger partial charge in [-0.2, -0.15) is 5.26 Å². The predicted molar refractivity (Wildman–Crippen MR) is 84.4 cm³/mol. The number of nitriles is 1. The molecule has 0 unspecified atom stereocenters. The van der Waals surface area contributed by atoms with Gasteiger partial charge in [0, 0.05) is 12.6 Å². The minimum atomic E-state index is 0.416. The zero-order valence-corrected chi connectivity index (χ0v) is 12.7. The molecule has 0 aromatic heterocycles. The highest BCUT2D eigenvalue weighted by atomic mass is 16.5. The van der Waals surface area contributed by atoms with E-state index in [1.165, 1.54) is 0 Å². The third kappa shape index (κ3) is 4.34. The second-order valence-electron chi connectivity index (χ2n) is 5.40. The first-order valence-electron chi connectivity index (χ1n) is 7.09. The Morgan fingerprint density at radius 3 is 2.67 bits per heavy atom. The standard InChI is InChI=1S/C18H20N2O/c1-13(2)20-12-15-7-8-18(16(10-15)11-19)21-17-6-4-5-14(3)9-17/h4-10,13,20H,12H2,1-3H3. The maximum atomic E-state index is 9.30. The van der Waals surface area contributed by atoms with Gasteiger partial charge in [-0.15, -0.1) is 0 Å². The Balaban J connectivity index is 2.18. The molecular weight excluding hydrogens is 260 g/mol. The Bertz CT molecular complexity index is 657. The molecule has 0 heterocycles. The Morgan fingerprint density at radius 2 is 2.00 bits per heavy atom. The summed E-state index contributed by atoms with van der Waals surface area (Å²) in [4.78, 5) is 0. The average Bonchev–Trinajstić information content (AvgIpc) is 2.46. The third-order valence-corrected chi connectivity index (χ3v) is 3.10. The molecule has 0 fully saturated rings. The highest BCUT2D eigenvalue weighted by Crippen LogP contribution is 2.26. The summed E-state index contributed by atoms with van der Waals surface area (Å²) in [6, 6.07) is 16.1. The van der Waals surface area contributed by atoms with Crippen molar-refractivity contribution in [2.24, 2.45) is 0 Å². The number of hydrogen-bond acceptors (Lipinski definition) is 3. The molecule has 0 atom stereocenters. The molecule has 3 heteroatoms. The van der Waals surface area contributed by atoms with Gasteiger partial charge >= 0.3 is 0 Å². The van der Waals surface area contributed by atoms with Crippen LogP contribution in [0.1, 0.15) is 30.5 Å². The topological polar surface area (TPSA) is 45.0 Å². The van der Waals surface area contributed by atoms with Gasteiger partial charge in [-0.1, -0.05) is 32.0 Å². The van der Waals surface area contributed by atoms with E-state index in [0.29, 0.717) is 17.4 Å². The number of aryl methyl sites for hydroxylation is 1. The maximum absolute atomic E-state index is 9.30. The van der Waals surface area contributed by atoms with E-state index < -0.39 is 0 Å². The normalized spacial score (nSPS) is 10.4. The monoisotopic (exact) mass is 280 g/mol. The van der Waals surface area contributed by atoms with E-state index in [1.807, 2.05) is 49.4 Å². The number of nitrogens with zero attached hydrogens (tertiary/aromatic N) is 1. The fraction of sp³-hybridized carbons (Fsp3) is 0.278. The SMILES string of the molecule is Cc1cccc(Oc2ccc(CNC(C)C)cc2C#N)c1. The molecule has 2 rings (SSSR count). The lowest BCUT2D eigenvalue weighted by atomic mass is 10.1. The van der Waals surface area contributed by atoms with Crippen LogP contribution in [0.4, 0.5) is 0 Å². The maximum Gasteiger partial charge on any atom is 0.145 e. The van der Waals surface area contributed by atoms with E-state index >= 15 is 0 Å². The van der Waals surface area contributed by atoms with Crippen molar-refractivity contribution >= 4 is 0 Å². The smallest absolute Gasteiger partial charge is 0.145 e. The van der Waals surface area contributed by atoms with E-state index in [0.717, 1.165) is 23.4 Å². The zero-order chi connectivity index (χ0) is 15.2. The van der Waals surface area contributed by atoms with Gasteiger partial charge in [0.15, 0.2) is 0 Å². The molecule has 0 aliphatic carbocycles. The van der Waals surface area contributed by atoms with Crippen molar-refractivity contribution < 1.29 is 4.74 Å². The molecule has 2 aromatic rings. The minimum absolute atomic E-state index is 0.416. The van der Waals surface area contributed by atoms with Crippen LogP contribution in [-0.2, 0) is 6.54 Å². The van der Waals surface area contributed by atoms with Crippen molar-refractivity contribution in [3.63, 3.8) is 0 Å². The molecule has 0 saturated carbocycles. The van der Waals surface area contributed by atoms with Crippen molar-refractivity contribution in [3.8, 4) is 17.6 Å². The highest BCUT2D eigenvalue weighted by molar-refractivity contribution is 5.47. The second-order valence-corrected chi connectivity index (χ2v) is 5.40. The van der Waals surface area contributed by atoms with Crippen LogP contribution in [0.15, 0.2) is 42.5 Å². The van der Waals surface area contributed by atoms with Gasteiger partial charge in [0.1, 0.15) is 17.6 Å². The van der Waals surface area contributed by atoms with Crippen molar-refractivity contribution in [1.29, 1.82) is 5.26 Å². The number of rotatable bonds is 5. The molecule has 0 saturated heterocycles. The molecule has 108 valence electrons. The molecule has 0 aliphatic rings. The van der Waals surface area contributed by atoms with Crippen molar-refractivity contribution in [1.82, 2.24) is 5.32 Å².